The molecule has 120 valence electrons. The number of nitrogens with zero attached hydrogens (tertiary/aromatic N) is 2. The highest BCUT2D eigenvalue weighted by Gasteiger charge is 2.12. The number of aromatic nitrogens is 2. The van der Waals surface area contributed by atoms with E-state index in [9.17, 15) is 4.79 Å². The van der Waals surface area contributed by atoms with Crippen molar-refractivity contribution < 1.29 is 4.79 Å². The van der Waals surface area contributed by atoms with Gasteiger partial charge in [-0.25, -0.2) is 0 Å². The van der Waals surface area contributed by atoms with E-state index in [2.05, 4.69) is 53.2 Å². The molecule has 1 amide bonds. The largest absolute Gasteiger partial charge is 0.347 e. The lowest BCUT2D eigenvalue weighted by Gasteiger charge is -2.07. The number of anilines is 1. The highest BCUT2D eigenvalue weighted by atomic mass is 16.1. The fourth-order valence-electron chi connectivity index (χ4n) is 3.36. The molecule has 1 N–H and O–H groups in total. The van der Waals surface area contributed by atoms with Gasteiger partial charge < -0.3 is 14.5 Å². The summed E-state index contributed by atoms with van der Waals surface area (Å²) in [4.78, 5) is 12.4. The SMILES string of the molecule is CCn1c2ccccc2c2cc(NC(=O)c3cccn3C)ccc21. The Morgan fingerprint density at radius 3 is 2.54 bits per heavy atom. The van der Waals surface area contributed by atoms with E-state index in [4.69, 9.17) is 0 Å². The van der Waals surface area contributed by atoms with Crippen LogP contribution in [-0.2, 0) is 13.6 Å². The Labute approximate surface area is 140 Å². The van der Waals surface area contributed by atoms with Crippen LogP contribution in [0.3, 0.4) is 0 Å². The van der Waals surface area contributed by atoms with E-state index in [1.165, 1.54) is 16.4 Å². The maximum absolute atomic E-state index is 12.4. The molecule has 0 bridgehead atoms. The number of fused-ring (bicyclic) bond motifs is 3. The third-order valence-electron chi connectivity index (χ3n) is 4.52. The van der Waals surface area contributed by atoms with Gasteiger partial charge >= 0.3 is 0 Å². The molecule has 0 radical (unpaired) electrons. The molecule has 4 heteroatoms. The van der Waals surface area contributed by atoms with Gasteiger partial charge in [0, 0.05) is 47.3 Å². The number of para-hydroxylation sites is 1. The fraction of sp³-hybridized carbons (Fsp3) is 0.150. The molecular weight excluding hydrogens is 298 g/mol. The molecule has 4 aromatic rings. The third-order valence-corrected chi connectivity index (χ3v) is 4.52. The third kappa shape index (κ3) is 2.19. The first kappa shape index (κ1) is 14.6. The Bertz CT molecular complexity index is 1060. The van der Waals surface area contributed by atoms with Gasteiger partial charge in [-0.15, -0.1) is 0 Å². The van der Waals surface area contributed by atoms with Crippen LogP contribution in [0, 0.1) is 0 Å². The van der Waals surface area contributed by atoms with Gasteiger partial charge in [-0.2, -0.15) is 0 Å². The van der Waals surface area contributed by atoms with Crippen LogP contribution in [0.1, 0.15) is 17.4 Å². The van der Waals surface area contributed by atoms with Crippen molar-refractivity contribution in [2.24, 2.45) is 7.05 Å². The van der Waals surface area contributed by atoms with Crippen LogP contribution >= 0.6 is 0 Å². The molecule has 2 aromatic heterocycles. The average Bonchev–Trinajstić information content (AvgIpc) is 3.16. The van der Waals surface area contributed by atoms with Crippen molar-refractivity contribution in [2.75, 3.05) is 5.32 Å². The van der Waals surface area contributed by atoms with Gasteiger partial charge in [0.1, 0.15) is 5.69 Å². The summed E-state index contributed by atoms with van der Waals surface area (Å²) in [6, 6.07) is 18.2. The van der Waals surface area contributed by atoms with Crippen molar-refractivity contribution in [3.05, 3.63) is 66.5 Å². The maximum Gasteiger partial charge on any atom is 0.272 e. The molecule has 2 heterocycles. The smallest absolute Gasteiger partial charge is 0.272 e. The number of carbonyl (C=O) groups excluding carboxylic acids is 1. The molecule has 4 rings (SSSR count). The van der Waals surface area contributed by atoms with Crippen LogP contribution in [0.5, 0.6) is 0 Å². The van der Waals surface area contributed by atoms with E-state index in [-0.39, 0.29) is 5.91 Å². The summed E-state index contributed by atoms with van der Waals surface area (Å²) in [6.45, 7) is 3.07. The summed E-state index contributed by atoms with van der Waals surface area (Å²) >= 11 is 0. The molecule has 0 aliphatic rings. The summed E-state index contributed by atoms with van der Waals surface area (Å²) in [5, 5.41) is 5.38. The van der Waals surface area contributed by atoms with Crippen molar-refractivity contribution >= 4 is 33.4 Å². The Morgan fingerprint density at radius 2 is 1.79 bits per heavy atom. The fourth-order valence-corrected chi connectivity index (χ4v) is 3.36. The molecule has 0 spiro atoms. The van der Waals surface area contributed by atoms with Gasteiger partial charge in [-0.05, 0) is 43.3 Å². The summed E-state index contributed by atoms with van der Waals surface area (Å²) < 4.78 is 4.12. The predicted molar refractivity (Wildman–Crippen MR) is 98.5 cm³/mol. The van der Waals surface area contributed by atoms with Crippen molar-refractivity contribution in [2.45, 2.75) is 13.5 Å². The number of hydrogen-bond acceptors (Lipinski definition) is 1. The molecule has 0 aliphatic carbocycles. The van der Waals surface area contributed by atoms with Gasteiger partial charge in [-0.3, -0.25) is 4.79 Å². The summed E-state index contributed by atoms with van der Waals surface area (Å²) in [5.74, 6) is -0.0962. The Hall–Kier alpha value is -3.01. The zero-order valence-electron chi connectivity index (χ0n) is 13.8. The predicted octanol–water partition coefficient (Wildman–Crippen LogP) is 4.41. The maximum atomic E-state index is 12.4. The number of aryl methyl sites for hydroxylation is 2. The molecular formula is C20H19N3O. The van der Waals surface area contributed by atoms with Crippen LogP contribution in [0.15, 0.2) is 60.8 Å². The minimum absolute atomic E-state index is 0.0962. The standard InChI is InChI=1S/C20H19N3O/c1-3-23-17-8-5-4-7-15(17)16-13-14(10-11-18(16)23)21-20(24)19-9-6-12-22(19)2/h4-13H,3H2,1-2H3,(H,21,24). The highest BCUT2D eigenvalue weighted by molar-refractivity contribution is 6.10. The number of carbonyl (C=O) groups is 1. The van der Waals surface area contributed by atoms with E-state index in [1.54, 1.807) is 0 Å². The van der Waals surface area contributed by atoms with Crippen molar-refractivity contribution in [3.63, 3.8) is 0 Å². The van der Waals surface area contributed by atoms with E-state index in [1.807, 2.05) is 36.0 Å². The first-order valence-corrected chi connectivity index (χ1v) is 8.12. The lowest BCUT2D eigenvalue weighted by molar-refractivity contribution is 0.101. The lowest BCUT2D eigenvalue weighted by atomic mass is 10.1. The quantitative estimate of drug-likeness (QED) is 0.597. The molecule has 4 nitrogen and oxygen atoms in total. The van der Waals surface area contributed by atoms with Gasteiger partial charge in [0.15, 0.2) is 0 Å². The Balaban J connectivity index is 1.80. The first-order chi connectivity index (χ1) is 11.7. The molecule has 0 aliphatic heterocycles. The van der Waals surface area contributed by atoms with Gasteiger partial charge in [0.05, 0.1) is 0 Å². The normalized spacial score (nSPS) is 11.2. The highest BCUT2D eigenvalue weighted by Crippen LogP contribution is 2.31. The second-order valence-electron chi connectivity index (χ2n) is 5.95. The van der Waals surface area contributed by atoms with E-state index in [0.717, 1.165) is 17.6 Å². The number of rotatable bonds is 3. The number of nitrogens with one attached hydrogen (secondary N) is 1. The average molecular weight is 317 g/mol. The van der Waals surface area contributed by atoms with Gasteiger partial charge in [0.25, 0.3) is 5.91 Å². The van der Waals surface area contributed by atoms with Crippen molar-refractivity contribution in [3.8, 4) is 0 Å². The van der Waals surface area contributed by atoms with Gasteiger partial charge in [-0.1, -0.05) is 18.2 Å². The molecule has 2 aromatic carbocycles. The molecule has 0 saturated carbocycles. The summed E-state index contributed by atoms with van der Waals surface area (Å²) in [5.41, 5.74) is 3.87. The summed E-state index contributed by atoms with van der Waals surface area (Å²) in [7, 11) is 1.87. The van der Waals surface area contributed by atoms with Gasteiger partial charge in [0.2, 0.25) is 0 Å². The minimum atomic E-state index is -0.0962. The van der Waals surface area contributed by atoms with Crippen LogP contribution in [-0.4, -0.2) is 15.0 Å². The number of hydrogen-bond donors (Lipinski definition) is 1. The monoisotopic (exact) mass is 317 g/mol. The first-order valence-electron chi connectivity index (χ1n) is 8.12. The van der Waals surface area contributed by atoms with E-state index >= 15 is 0 Å². The topological polar surface area (TPSA) is 39.0 Å². The molecule has 0 atom stereocenters. The Morgan fingerprint density at radius 1 is 1.00 bits per heavy atom. The van der Waals surface area contributed by atoms with Crippen molar-refractivity contribution in [1.82, 2.24) is 9.13 Å². The summed E-state index contributed by atoms with van der Waals surface area (Å²) in [6.07, 6.45) is 1.87. The number of benzene rings is 2. The molecule has 0 unspecified atom stereocenters. The number of amides is 1. The molecule has 0 fully saturated rings. The van der Waals surface area contributed by atoms with Crippen LogP contribution < -0.4 is 5.32 Å². The molecule has 24 heavy (non-hydrogen) atoms. The Kier molecular flexibility index (Phi) is 3.38. The van der Waals surface area contributed by atoms with Crippen molar-refractivity contribution in [1.29, 1.82) is 0 Å². The van der Waals surface area contributed by atoms with Crippen LogP contribution in [0.2, 0.25) is 0 Å². The van der Waals surface area contributed by atoms with E-state index in [0.29, 0.717) is 5.69 Å². The second-order valence-corrected chi connectivity index (χ2v) is 5.95. The lowest BCUT2D eigenvalue weighted by Crippen LogP contribution is -2.15. The van der Waals surface area contributed by atoms with Crippen LogP contribution in [0.4, 0.5) is 5.69 Å². The van der Waals surface area contributed by atoms with Crippen LogP contribution in [0.25, 0.3) is 21.8 Å². The zero-order valence-corrected chi connectivity index (χ0v) is 13.8. The van der Waals surface area contributed by atoms with E-state index < -0.39 is 0 Å². The molecule has 0 saturated heterocycles. The second kappa shape index (κ2) is 5.57. The zero-order chi connectivity index (χ0) is 16.7. The minimum Gasteiger partial charge on any atom is -0.347 e.